The number of aromatic amines is 1. The van der Waals surface area contributed by atoms with Gasteiger partial charge in [-0.2, -0.15) is 5.10 Å². The number of aliphatic hydroxyl groups is 1. The number of anilines is 3. The Labute approximate surface area is 446 Å². The number of hydrogen-bond donors (Lipinski definition) is 7. The number of carbonyl (C=O) groups excluding carboxylic acids is 4. The first-order chi connectivity index (χ1) is 36.4. The summed E-state index contributed by atoms with van der Waals surface area (Å²) in [5.74, 6) is -1.66. The number of aryl methyl sites for hydroxylation is 1. The lowest BCUT2D eigenvalue weighted by Gasteiger charge is -2.35. The number of pyridine rings is 1. The molecule has 2 aromatic carbocycles. The molecule has 76 heavy (non-hydrogen) atoms. The molecular formula is C51H68N10O13S2. The summed E-state index contributed by atoms with van der Waals surface area (Å²) in [7, 11) is -3.45. The molecule has 3 atom stereocenters. The average molecular weight is 1090 g/mol. The Morgan fingerprint density at radius 3 is 2.07 bits per heavy atom. The first-order valence-corrected chi connectivity index (χ1v) is 27.2. The predicted molar refractivity (Wildman–Crippen MR) is 284 cm³/mol. The number of sulfonamides is 1. The molecule has 5 aromatic rings. The molecule has 0 unspecified atom stereocenters. The largest absolute Gasteiger partial charge is 0.475 e. The van der Waals surface area contributed by atoms with E-state index in [1.165, 1.54) is 18.0 Å². The van der Waals surface area contributed by atoms with Crippen LogP contribution in [0.25, 0.3) is 21.7 Å². The van der Waals surface area contributed by atoms with Gasteiger partial charge in [-0.1, -0.05) is 57.2 Å². The average Bonchev–Trinajstić information content (AvgIpc) is 4.14. The van der Waals surface area contributed by atoms with Gasteiger partial charge in [-0.3, -0.25) is 29.0 Å². The van der Waals surface area contributed by atoms with Crippen molar-refractivity contribution in [2.75, 3.05) is 95.0 Å². The van der Waals surface area contributed by atoms with Crippen LogP contribution in [0.4, 0.5) is 17.2 Å². The second-order valence-corrected chi connectivity index (χ2v) is 21.4. The normalized spacial score (nSPS) is 15.1. The number of benzene rings is 2. The second-order valence-electron chi connectivity index (χ2n) is 18.6. The minimum atomic E-state index is -3.45. The van der Waals surface area contributed by atoms with Gasteiger partial charge in [0.1, 0.15) is 30.9 Å². The summed E-state index contributed by atoms with van der Waals surface area (Å²) in [4.78, 5) is 63.7. The smallest absolute Gasteiger partial charge is 0.254 e. The van der Waals surface area contributed by atoms with Crippen LogP contribution in [0.2, 0.25) is 0 Å². The van der Waals surface area contributed by atoms with Gasteiger partial charge in [0, 0.05) is 48.7 Å². The molecule has 1 aliphatic rings. The molecule has 8 N–H and O–H groups in total. The van der Waals surface area contributed by atoms with Crippen molar-refractivity contribution >= 4 is 62.2 Å². The highest BCUT2D eigenvalue weighted by atomic mass is 32.2. The fourth-order valence-corrected chi connectivity index (χ4v) is 9.22. The molecule has 412 valence electrons. The summed E-state index contributed by atoms with van der Waals surface area (Å²) >= 11 is 1.56. The Balaban J connectivity index is 0.781. The van der Waals surface area contributed by atoms with Crippen LogP contribution in [0.5, 0.6) is 5.88 Å². The summed E-state index contributed by atoms with van der Waals surface area (Å²) in [5, 5.41) is 26.4. The van der Waals surface area contributed by atoms with Gasteiger partial charge in [0.05, 0.1) is 93.1 Å². The molecule has 0 saturated carbocycles. The van der Waals surface area contributed by atoms with E-state index >= 15 is 0 Å². The summed E-state index contributed by atoms with van der Waals surface area (Å²) in [6, 6.07) is 15.7. The number of ether oxygens (including phenoxy) is 6. The van der Waals surface area contributed by atoms with Gasteiger partial charge in [0.15, 0.2) is 5.82 Å². The van der Waals surface area contributed by atoms with Crippen LogP contribution in [0.3, 0.4) is 0 Å². The number of likely N-dealkylation sites (tertiary alicyclic amines) is 1. The number of primary amides is 1. The minimum absolute atomic E-state index is 0.0315. The fraction of sp³-hybridized carbons (Fsp3) is 0.471. The van der Waals surface area contributed by atoms with Crippen molar-refractivity contribution in [1.82, 2.24) is 35.7 Å². The number of rotatable bonds is 31. The maximum Gasteiger partial charge on any atom is 0.254 e. The number of nitrogens with zero attached hydrogens (tertiary/aromatic N) is 4. The van der Waals surface area contributed by atoms with Crippen LogP contribution in [-0.4, -0.2) is 165 Å². The molecule has 4 amide bonds. The highest BCUT2D eigenvalue weighted by Crippen LogP contribution is 2.31. The van der Waals surface area contributed by atoms with E-state index in [1.54, 1.807) is 53.2 Å². The Morgan fingerprint density at radius 1 is 0.855 bits per heavy atom. The molecule has 1 saturated heterocycles. The molecular weight excluding hydrogens is 1020 g/mol. The third-order valence-electron chi connectivity index (χ3n) is 11.7. The first kappa shape index (κ1) is 58.7. The minimum Gasteiger partial charge on any atom is -0.475 e. The van der Waals surface area contributed by atoms with Crippen LogP contribution < -0.4 is 31.1 Å². The number of β-amino-alcohol motifs (C(OH)–C–C–N with tert-alkyl or cyclic N) is 1. The molecule has 0 aliphatic carbocycles. The number of aliphatic hydroxyl groups excluding tert-OH is 1. The van der Waals surface area contributed by atoms with E-state index in [1.807, 2.05) is 52.0 Å². The van der Waals surface area contributed by atoms with Gasteiger partial charge in [0.2, 0.25) is 33.6 Å². The van der Waals surface area contributed by atoms with E-state index in [2.05, 4.69) is 40.8 Å². The van der Waals surface area contributed by atoms with E-state index in [9.17, 15) is 32.7 Å². The Hall–Kier alpha value is -6.58. The van der Waals surface area contributed by atoms with Crippen LogP contribution >= 0.6 is 11.3 Å². The van der Waals surface area contributed by atoms with E-state index in [0.717, 1.165) is 21.7 Å². The van der Waals surface area contributed by atoms with Crippen LogP contribution in [0.15, 0.2) is 72.4 Å². The zero-order valence-electron chi connectivity index (χ0n) is 43.3. The molecule has 25 heteroatoms. The van der Waals surface area contributed by atoms with Crippen molar-refractivity contribution in [2.45, 2.75) is 65.8 Å². The molecule has 4 heterocycles. The summed E-state index contributed by atoms with van der Waals surface area (Å²) in [5.41, 5.74) is 11.6. The molecule has 23 nitrogen and oxygen atoms in total. The number of carbonyl (C=O) groups is 4. The molecule has 0 bridgehead atoms. The SMILES string of the molecule is CCS(=O)(=O)Nc1ccc(-c2[nH]nc(Nc3ccnc(OCCOCCOCCOCCOCCOCC(=O)N[C@H](C(=O)N4C[C@H](O)C[C@H]4C(=O)NCc4ccc(-c5scnc5C)cc4)C(C)(C)C)c3)c2C(N)=O)cc1. The third kappa shape index (κ3) is 17.8. The highest BCUT2D eigenvalue weighted by Gasteiger charge is 2.44. The number of H-pyrrole nitrogens is 1. The van der Waals surface area contributed by atoms with Gasteiger partial charge in [0.25, 0.3) is 5.91 Å². The monoisotopic (exact) mass is 1090 g/mol. The van der Waals surface area contributed by atoms with Gasteiger partial charge < -0.3 is 60.1 Å². The van der Waals surface area contributed by atoms with E-state index < -0.39 is 51.3 Å². The fourth-order valence-electron chi connectivity index (χ4n) is 7.77. The highest BCUT2D eigenvalue weighted by molar-refractivity contribution is 7.92. The zero-order chi connectivity index (χ0) is 54.7. The van der Waals surface area contributed by atoms with Crippen molar-refractivity contribution < 1.29 is 61.1 Å². The topological polar surface area (TPSA) is 310 Å². The first-order valence-electron chi connectivity index (χ1n) is 24.7. The van der Waals surface area contributed by atoms with Gasteiger partial charge in [-0.25, -0.2) is 18.4 Å². The maximum absolute atomic E-state index is 13.9. The lowest BCUT2D eigenvalue weighted by molar-refractivity contribution is -0.144. The second kappa shape index (κ2) is 28.5. The van der Waals surface area contributed by atoms with Gasteiger partial charge >= 0.3 is 0 Å². The Morgan fingerprint density at radius 2 is 1.47 bits per heavy atom. The van der Waals surface area contributed by atoms with Crippen molar-refractivity contribution in [3.63, 3.8) is 0 Å². The van der Waals surface area contributed by atoms with Crippen molar-refractivity contribution in [1.29, 1.82) is 0 Å². The summed E-state index contributed by atoms with van der Waals surface area (Å²) < 4.78 is 59.8. The summed E-state index contributed by atoms with van der Waals surface area (Å²) in [6.07, 6.45) is 0.725. The lowest BCUT2D eigenvalue weighted by Crippen LogP contribution is -2.58. The van der Waals surface area contributed by atoms with E-state index in [4.69, 9.17) is 34.2 Å². The molecule has 3 aromatic heterocycles. The maximum atomic E-state index is 13.9. The number of amides is 4. The molecule has 1 aliphatic heterocycles. The predicted octanol–water partition coefficient (Wildman–Crippen LogP) is 3.78. The lowest BCUT2D eigenvalue weighted by atomic mass is 9.85. The van der Waals surface area contributed by atoms with E-state index in [0.29, 0.717) is 68.2 Å². The van der Waals surface area contributed by atoms with Crippen LogP contribution in [-0.2, 0) is 54.6 Å². The quantitative estimate of drug-likeness (QED) is 0.0311. The summed E-state index contributed by atoms with van der Waals surface area (Å²) in [6.45, 7) is 11.6. The number of thiazole rings is 1. The third-order valence-corrected chi connectivity index (χ3v) is 14.0. The Kier molecular flexibility index (Phi) is 22.0. The molecule has 6 rings (SSSR count). The van der Waals surface area contributed by atoms with Crippen molar-refractivity contribution in [2.24, 2.45) is 11.1 Å². The van der Waals surface area contributed by atoms with Crippen molar-refractivity contribution in [3.05, 3.63) is 89.2 Å². The number of hydrogen-bond acceptors (Lipinski definition) is 18. The standard InChI is InChI=1S/C51H68N10O13S2/c1-6-76(67,68)60-37-13-11-35(12-14-37)44-43(47(52)64)48(59-58-44)56-38-15-16-53-42(27-38)74-26-25-72-22-21-70-18-17-69-19-20-71-23-24-73-31-41(63)57-46(51(3,4)5)50(66)61-30-39(62)28-40(61)49(65)54-29-34-7-9-36(10-8-34)45-33(2)55-32-75-45/h7-16,27,32,39-40,46,60,62H,6,17-26,28-31H2,1-5H3,(H2,52,64)(H,54,65)(H,57,63)(H2,53,56,58,59)/t39-,40+,46-/m1/s1. The number of aromatic nitrogens is 4. The number of nitrogens with one attached hydrogen (secondary N) is 5. The molecule has 1 fully saturated rings. The zero-order valence-corrected chi connectivity index (χ0v) is 44.9. The van der Waals surface area contributed by atoms with Gasteiger partial charge in [-0.15, -0.1) is 11.3 Å². The van der Waals surface area contributed by atoms with E-state index in [-0.39, 0.29) is 75.6 Å². The number of nitrogens with two attached hydrogens (primary N) is 1. The Bertz CT molecular complexity index is 2790. The molecule has 0 spiro atoms. The van der Waals surface area contributed by atoms with Crippen molar-refractivity contribution in [3.8, 4) is 27.6 Å². The van der Waals surface area contributed by atoms with Crippen LogP contribution in [0.1, 0.15) is 55.7 Å². The van der Waals surface area contributed by atoms with Gasteiger partial charge in [-0.05, 0) is 48.6 Å². The van der Waals surface area contributed by atoms with Crippen LogP contribution in [0, 0.1) is 12.3 Å². The molecule has 0 radical (unpaired) electrons.